The van der Waals surface area contributed by atoms with E-state index >= 15 is 0 Å². The van der Waals surface area contributed by atoms with Gasteiger partial charge in [-0.25, -0.2) is 18.1 Å². The molecule has 0 saturated carbocycles. The van der Waals surface area contributed by atoms with Crippen molar-refractivity contribution in [3.8, 4) is 33.2 Å². The Morgan fingerprint density at radius 3 is 2.00 bits per heavy atom. The molecule has 192 valence electrons. The molecule has 3 aromatic carbocycles. The Labute approximate surface area is 220 Å². The van der Waals surface area contributed by atoms with Crippen LogP contribution in [0.2, 0.25) is 0 Å². The molecule has 1 amide bonds. The highest BCUT2D eigenvalue weighted by atomic mass is 32.2. The topological polar surface area (TPSA) is 107 Å². The molecule has 0 bridgehead atoms. The van der Waals surface area contributed by atoms with E-state index in [1.165, 1.54) is 23.5 Å². The van der Waals surface area contributed by atoms with Gasteiger partial charge in [-0.1, -0.05) is 17.7 Å². The number of carbonyl (C=O) groups is 1. The second kappa shape index (κ2) is 11.5. The minimum atomic E-state index is -3.79. The van der Waals surface area contributed by atoms with Gasteiger partial charge in [0.2, 0.25) is 15.9 Å². The number of benzene rings is 3. The van der Waals surface area contributed by atoms with Gasteiger partial charge >= 0.3 is 0 Å². The number of nitrogens with one attached hydrogen (secondary N) is 2. The predicted octanol–water partition coefficient (Wildman–Crippen LogP) is 4.40. The largest absolute Gasteiger partial charge is 0.497 e. The van der Waals surface area contributed by atoms with Gasteiger partial charge in [-0.05, 0) is 73.2 Å². The van der Waals surface area contributed by atoms with Crippen LogP contribution in [-0.2, 0) is 21.4 Å². The summed E-state index contributed by atoms with van der Waals surface area (Å²) in [7, 11) is -0.555. The lowest BCUT2D eigenvalue weighted by atomic mass is 10.1. The number of aromatic nitrogens is 1. The lowest BCUT2D eigenvalue weighted by Gasteiger charge is -2.07. The highest BCUT2D eigenvalue weighted by molar-refractivity contribution is 7.89. The van der Waals surface area contributed by atoms with Crippen LogP contribution in [0.15, 0.2) is 77.7 Å². The first-order valence-electron chi connectivity index (χ1n) is 11.4. The Hall–Kier alpha value is -3.73. The molecule has 2 N–H and O–H groups in total. The van der Waals surface area contributed by atoms with Crippen molar-refractivity contribution in [2.75, 3.05) is 20.8 Å². The van der Waals surface area contributed by atoms with Crippen molar-refractivity contribution in [3.05, 3.63) is 83.4 Å². The zero-order chi connectivity index (χ0) is 26.4. The van der Waals surface area contributed by atoms with Crippen molar-refractivity contribution in [2.45, 2.75) is 18.4 Å². The number of amides is 1. The highest BCUT2D eigenvalue weighted by Crippen LogP contribution is 2.38. The average Bonchev–Trinajstić information content (AvgIpc) is 3.35. The van der Waals surface area contributed by atoms with E-state index in [0.29, 0.717) is 5.01 Å². The third-order valence-corrected chi connectivity index (χ3v) is 8.10. The van der Waals surface area contributed by atoms with Crippen molar-refractivity contribution in [1.82, 2.24) is 15.0 Å². The number of thiazole rings is 1. The molecule has 0 aliphatic rings. The number of carbonyl (C=O) groups excluding carboxylic acids is 1. The van der Waals surface area contributed by atoms with E-state index in [0.717, 1.165) is 38.8 Å². The molecule has 0 radical (unpaired) electrons. The monoisotopic (exact) mass is 537 g/mol. The number of aryl methyl sites for hydroxylation is 1. The summed E-state index contributed by atoms with van der Waals surface area (Å²) in [5.74, 6) is 1.04. The van der Waals surface area contributed by atoms with Crippen LogP contribution in [-0.4, -0.2) is 40.1 Å². The summed E-state index contributed by atoms with van der Waals surface area (Å²) in [6.07, 6.45) is 0. The summed E-state index contributed by atoms with van der Waals surface area (Å²) < 4.78 is 37.8. The van der Waals surface area contributed by atoms with E-state index in [2.05, 4.69) is 10.0 Å². The van der Waals surface area contributed by atoms with Gasteiger partial charge in [0, 0.05) is 5.56 Å². The Morgan fingerprint density at radius 2 is 1.43 bits per heavy atom. The van der Waals surface area contributed by atoms with Gasteiger partial charge in [-0.3, -0.25) is 4.79 Å². The van der Waals surface area contributed by atoms with Crippen LogP contribution < -0.4 is 19.5 Å². The molecule has 0 aliphatic carbocycles. The molecule has 4 aromatic rings. The molecule has 0 unspecified atom stereocenters. The minimum Gasteiger partial charge on any atom is -0.497 e. The quantitative estimate of drug-likeness (QED) is 0.311. The fraction of sp³-hybridized carbons (Fsp3) is 0.185. The van der Waals surface area contributed by atoms with Crippen LogP contribution in [0, 0.1) is 6.92 Å². The smallest absolute Gasteiger partial charge is 0.241 e. The molecule has 0 fully saturated rings. The van der Waals surface area contributed by atoms with Crippen molar-refractivity contribution >= 4 is 27.3 Å². The van der Waals surface area contributed by atoms with Gasteiger partial charge in [0.05, 0.1) is 42.8 Å². The third-order valence-electron chi connectivity index (χ3n) is 5.58. The molecule has 1 heterocycles. The Balaban J connectivity index is 1.49. The van der Waals surface area contributed by atoms with E-state index in [4.69, 9.17) is 14.5 Å². The number of rotatable bonds is 10. The molecule has 8 nitrogen and oxygen atoms in total. The molecular weight excluding hydrogens is 510 g/mol. The van der Waals surface area contributed by atoms with Gasteiger partial charge in [0.25, 0.3) is 0 Å². The summed E-state index contributed by atoms with van der Waals surface area (Å²) in [6.45, 7) is 1.66. The molecule has 0 aliphatic heterocycles. The Bertz CT molecular complexity index is 1400. The first-order chi connectivity index (χ1) is 17.8. The summed E-state index contributed by atoms with van der Waals surface area (Å²) in [4.78, 5) is 18.3. The maximum atomic E-state index is 12.5. The summed E-state index contributed by atoms with van der Waals surface area (Å²) in [6, 6.07) is 21.7. The number of hydrogen-bond donors (Lipinski definition) is 2. The maximum Gasteiger partial charge on any atom is 0.241 e. The van der Waals surface area contributed by atoms with Gasteiger partial charge in [-0.2, -0.15) is 0 Å². The van der Waals surface area contributed by atoms with Gasteiger partial charge in [0.15, 0.2) is 0 Å². The first kappa shape index (κ1) is 26.3. The number of nitrogens with zero attached hydrogens (tertiary/aromatic N) is 1. The molecule has 37 heavy (non-hydrogen) atoms. The number of hydrogen-bond acceptors (Lipinski definition) is 7. The standard InChI is InChI=1S/C27H27N3O5S2/c1-18-4-14-23(15-5-18)37(32,33)29-16-24(31)28-17-25-30-26(19-6-10-21(34-2)11-7-19)27(36-25)20-8-12-22(35-3)13-9-20/h4-15,29H,16-17H2,1-3H3,(H,28,31). The number of ether oxygens (including phenoxy) is 2. The van der Waals surface area contributed by atoms with Crippen LogP contribution in [0.3, 0.4) is 0 Å². The van der Waals surface area contributed by atoms with Crippen LogP contribution >= 0.6 is 11.3 Å². The Morgan fingerprint density at radius 1 is 0.865 bits per heavy atom. The van der Waals surface area contributed by atoms with Crippen LogP contribution in [0.4, 0.5) is 0 Å². The van der Waals surface area contributed by atoms with E-state index < -0.39 is 15.9 Å². The van der Waals surface area contributed by atoms with E-state index in [1.54, 1.807) is 26.4 Å². The molecular formula is C27H27N3O5S2. The minimum absolute atomic E-state index is 0.110. The molecule has 0 spiro atoms. The number of sulfonamides is 1. The average molecular weight is 538 g/mol. The summed E-state index contributed by atoms with van der Waals surface area (Å²) >= 11 is 1.46. The molecule has 1 aromatic heterocycles. The third kappa shape index (κ3) is 6.53. The second-order valence-corrected chi connectivity index (χ2v) is 11.0. The normalized spacial score (nSPS) is 11.2. The second-order valence-electron chi connectivity index (χ2n) is 8.16. The summed E-state index contributed by atoms with van der Waals surface area (Å²) in [5, 5.41) is 3.44. The fourth-order valence-electron chi connectivity index (χ4n) is 3.52. The van der Waals surface area contributed by atoms with Gasteiger partial charge in [-0.15, -0.1) is 11.3 Å². The van der Waals surface area contributed by atoms with Crippen LogP contribution in [0.5, 0.6) is 11.5 Å². The van der Waals surface area contributed by atoms with Crippen molar-refractivity contribution < 1.29 is 22.7 Å². The lowest BCUT2D eigenvalue weighted by molar-refractivity contribution is -0.120. The maximum absolute atomic E-state index is 12.5. The van der Waals surface area contributed by atoms with Crippen LogP contribution in [0.1, 0.15) is 10.6 Å². The molecule has 0 atom stereocenters. The zero-order valence-corrected chi connectivity index (χ0v) is 22.3. The molecule has 4 rings (SSSR count). The van der Waals surface area contributed by atoms with Crippen molar-refractivity contribution in [3.63, 3.8) is 0 Å². The fourth-order valence-corrected chi connectivity index (χ4v) is 5.53. The van der Waals surface area contributed by atoms with Gasteiger partial charge < -0.3 is 14.8 Å². The lowest BCUT2D eigenvalue weighted by Crippen LogP contribution is -2.36. The summed E-state index contributed by atoms with van der Waals surface area (Å²) in [5.41, 5.74) is 3.60. The van der Waals surface area contributed by atoms with Crippen molar-refractivity contribution in [1.29, 1.82) is 0 Å². The van der Waals surface area contributed by atoms with E-state index in [1.807, 2.05) is 55.5 Å². The number of methoxy groups -OCH3 is 2. The van der Waals surface area contributed by atoms with Gasteiger partial charge in [0.1, 0.15) is 16.5 Å². The van der Waals surface area contributed by atoms with E-state index in [9.17, 15) is 13.2 Å². The molecule has 0 saturated heterocycles. The van der Waals surface area contributed by atoms with Crippen molar-refractivity contribution in [2.24, 2.45) is 0 Å². The SMILES string of the molecule is COc1ccc(-c2nc(CNC(=O)CNS(=O)(=O)c3ccc(C)cc3)sc2-c2ccc(OC)cc2)cc1. The first-order valence-corrected chi connectivity index (χ1v) is 13.7. The zero-order valence-electron chi connectivity index (χ0n) is 20.6. The van der Waals surface area contributed by atoms with E-state index in [-0.39, 0.29) is 18.0 Å². The highest BCUT2D eigenvalue weighted by Gasteiger charge is 2.18. The molecule has 10 heteroatoms. The van der Waals surface area contributed by atoms with Crippen LogP contribution in [0.25, 0.3) is 21.7 Å². The predicted molar refractivity (Wildman–Crippen MR) is 144 cm³/mol. The Kier molecular flexibility index (Phi) is 8.22.